The Morgan fingerprint density at radius 3 is 2.70 bits per heavy atom. The molecule has 1 N–H and O–H groups in total. The zero-order chi connectivity index (χ0) is 16.7. The molecule has 0 unspecified atom stereocenters. The van der Waals surface area contributed by atoms with Crippen LogP contribution < -0.4 is 14.8 Å². The van der Waals surface area contributed by atoms with Crippen molar-refractivity contribution in [3.63, 3.8) is 0 Å². The molecule has 4 heteroatoms. The third-order valence-corrected chi connectivity index (χ3v) is 3.58. The molecule has 0 atom stereocenters. The lowest BCUT2D eigenvalue weighted by atomic mass is 10.1. The summed E-state index contributed by atoms with van der Waals surface area (Å²) in [5, 5.41) is 4.13. The fraction of sp³-hybridized carbons (Fsp3) is 0.263. The molecule has 0 fully saturated rings. The van der Waals surface area contributed by atoms with Crippen LogP contribution in [0.1, 0.15) is 18.1 Å². The number of hydrogen-bond donors (Lipinski definition) is 1. The van der Waals surface area contributed by atoms with Crippen molar-refractivity contribution in [2.24, 2.45) is 0 Å². The van der Waals surface area contributed by atoms with Gasteiger partial charge in [-0.15, -0.1) is 0 Å². The van der Waals surface area contributed by atoms with E-state index in [0.717, 1.165) is 33.3 Å². The molecule has 122 valence electrons. The van der Waals surface area contributed by atoms with E-state index in [9.17, 15) is 0 Å². The summed E-state index contributed by atoms with van der Waals surface area (Å²) in [4.78, 5) is 0. The van der Waals surface area contributed by atoms with Gasteiger partial charge in [0.25, 0.3) is 0 Å². The molecule has 0 aromatic heterocycles. The van der Waals surface area contributed by atoms with Gasteiger partial charge < -0.3 is 14.8 Å². The maximum absolute atomic E-state index is 6.05. The zero-order valence-corrected chi connectivity index (χ0v) is 14.3. The molecule has 0 spiro atoms. The van der Waals surface area contributed by atoms with E-state index >= 15 is 0 Å². The van der Waals surface area contributed by atoms with E-state index in [1.54, 1.807) is 6.08 Å². The second-order valence-corrected chi connectivity index (χ2v) is 5.56. The van der Waals surface area contributed by atoms with Crippen LogP contribution in [-0.2, 0) is 6.54 Å². The van der Waals surface area contributed by atoms with E-state index in [2.05, 4.69) is 18.8 Å². The quantitative estimate of drug-likeness (QED) is 0.672. The summed E-state index contributed by atoms with van der Waals surface area (Å²) >= 11 is 6.05. The monoisotopic (exact) mass is 331 g/mol. The van der Waals surface area contributed by atoms with Crippen LogP contribution in [0, 0.1) is 6.92 Å². The summed E-state index contributed by atoms with van der Waals surface area (Å²) in [5.74, 6) is 1.48. The largest absolute Gasteiger partial charge is 0.490 e. The summed E-state index contributed by atoms with van der Waals surface area (Å²) in [5.41, 5.74) is 3.30. The number of benzene rings is 2. The van der Waals surface area contributed by atoms with Crippen molar-refractivity contribution in [2.75, 3.05) is 18.5 Å². The van der Waals surface area contributed by atoms with Gasteiger partial charge in [-0.2, -0.15) is 0 Å². The van der Waals surface area contributed by atoms with E-state index in [4.69, 9.17) is 21.1 Å². The molecule has 2 rings (SSSR count). The molecule has 2 aromatic carbocycles. The van der Waals surface area contributed by atoms with Crippen molar-refractivity contribution >= 4 is 17.3 Å². The second kappa shape index (κ2) is 8.49. The fourth-order valence-electron chi connectivity index (χ4n) is 2.18. The highest BCUT2D eigenvalue weighted by atomic mass is 35.5. The van der Waals surface area contributed by atoms with Crippen LogP contribution in [0.15, 0.2) is 49.1 Å². The Kier molecular flexibility index (Phi) is 6.36. The van der Waals surface area contributed by atoms with Gasteiger partial charge in [-0.1, -0.05) is 36.4 Å². The standard InChI is InChI=1S/C19H22ClNO2/c1-4-10-23-18-9-7-15(11-19(18)22-5-2)13-21-17-12-16(20)8-6-14(17)3/h4,6-9,11-12,21H,1,5,10,13H2,2-3H3. The summed E-state index contributed by atoms with van der Waals surface area (Å²) < 4.78 is 11.3. The lowest BCUT2D eigenvalue weighted by molar-refractivity contribution is 0.296. The van der Waals surface area contributed by atoms with Crippen molar-refractivity contribution in [1.29, 1.82) is 0 Å². The van der Waals surface area contributed by atoms with Gasteiger partial charge in [-0.25, -0.2) is 0 Å². The predicted molar refractivity (Wildman–Crippen MR) is 96.8 cm³/mol. The Labute approximate surface area is 142 Å². The van der Waals surface area contributed by atoms with Crippen LogP contribution in [-0.4, -0.2) is 13.2 Å². The highest BCUT2D eigenvalue weighted by Crippen LogP contribution is 2.29. The number of nitrogens with one attached hydrogen (secondary N) is 1. The Balaban J connectivity index is 2.11. The van der Waals surface area contributed by atoms with Gasteiger partial charge >= 0.3 is 0 Å². The molecular weight excluding hydrogens is 310 g/mol. The van der Waals surface area contributed by atoms with Crippen LogP contribution in [0.2, 0.25) is 5.02 Å². The Morgan fingerprint density at radius 2 is 1.96 bits per heavy atom. The van der Waals surface area contributed by atoms with Crippen LogP contribution in [0.25, 0.3) is 0 Å². The van der Waals surface area contributed by atoms with Crippen molar-refractivity contribution in [3.8, 4) is 11.5 Å². The van der Waals surface area contributed by atoms with Gasteiger partial charge in [-0.3, -0.25) is 0 Å². The minimum atomic E-state index is 0.458. The molecule has 0 aliphatic carbocycles. The molecule has 2 aromatic rings. The van der Waals surface area contributed by atoms with Gasteiger partial charge in [0.05, 0.1) is 6.61 Å². The number of rotatable bonds is 8. The van der Waals surface area contributed by atoms with Crippen LogP contribution in [0.5, 0.6) is 11.5 Å². The predicted octanol–water partition coefficient (Wildman–Crippen LogP) is 5.22. The SMILES string of the molecule is C=CCOc1ccc(CNc2cc(Cl)ccc2C)cc1OCC. The minimum absolute atomic E-state index is 0.458. The first-order chi connectivity index (χ1) is 11.1. The second-order valence-electron chi connectivity index (χ2n) is 5.13. The van der Waals surface area contributed by atoms with Crippen LogP contribution >= 0.6 is 11.6 Å². The van der Waals surface area contributed by atoms with E-state index in [-0.39, 0.29) is 0 Å². The average molecular weight is 332 g/mol. The van der Waals surface area contributed by atoms with Gasteiger partial charge in [-0.05, 0) is 49.2 Å². The minimum Gasteiger partial charge on any atom is -0.490 e. The maximum Gasteiger partial charge on any atom is 0.161 e. The summed E-state index contributed by atoms with van der Waals surface area (Å²) in [6.45, 7) is 9.40. The van der Waals surface area contributed by atoms with Gasteiger partial charge in [0.1, 0.15) is 6.61 Å². The smallest absolute Gasteiger partial charge is 0.161 e. The molecule has 0 aliphatic heterocycles. The number of aryl methyl sites for hydroxylation is 1. The third kappa shape index (κ3) is 4.93. The van der Waals surface area contributed by atoms with E-state index in [0.29, 0.717) is 19.8 Å². The number of ether oxygens (including phenoxy) is 2. The Morgan fingerprint density at radius 1 is 1.13 bits per heavy atom. The molecule has 23 heavy (non-hydrogen) atoms. The molecular formula is C19H22ClNO2. The molecule has 0 heterocycles. The van der Waals surface area contributed by atoms with Gasteiger partial charge in [0.2, 0.25) is 0 Å². The lowest BCUT2D eigenvalue weighted by Crippen LogP contribution is -2.03. The average Bonchev–Trinajstić information content (AvgIpc) is 2.55. The van der Waals surface area contributed by atoms with E-state index in [1.165, 1.54) is 0 Å². The summed E-state index contributed by atoms with van der Waals surface area (Å²) in [6, 6.07) is 11.8. The van der Waals surface area contributed by atoms with Crippen LogP contribution in [0.4, 0.5) is 5.69 Å². The number of halogens is 1. The lowest BCUT2D eigenvalue weighted by Gasteiger charge is -2.14. The first-order valence-electron chi connectivity index (χ1n) is 7.63. The van der Waals surface area contributed by atoms with Gasteiger partial charge in [0, 0.05) is 17.3 Å². The van der Waals surface area contributed by atoms with Gasteiger partial charge in [0.15, 0.2) is 11.5 Å². The summed E-state index contributed by atoms with van der Waals surface area (Å²) in [7, 11) is 0. The Bertz CT molecular complexity index is 670. The normalized spacial score (nSPS) is 10.2. The molecule has 0 radical (unpaired) electrons. The fourth-order valence-corrected chi connectivity index (χ4v) is 2.35. The van der Waals surface area contributed by atoms with Crippen molar-refractivity contribution in [1.82, 2.24) is 0 Å². The number of hydrogen-bond acceptors (Lipinski definition) is 3. The molecule has 0 amide bonds. The molecule has 0 aliphatic rings. The zero-order valence-electron chi connectivity index (χ0n) is 13.6. The number of anilines is 1. The topological polar surface area (TPSA) is 30.5 Å². The van der Waals surface area contributed by atoms with Crippen molar-refractivity contribution < 1.29 is 9.47 Å². The first kappa shape index (κ1) is 17.2. The highest BCUT2D eigenvalue weighted by molar-refractivity contribution is 6.30. The van der Waals surface area contributed by atoms with E-state index in [1.807, 2.05) is 43.3 Å². The summed E-state index contributed by atoms with van der Waals surface area (Å²) in [6.07, 6.45) is 1.72. The van der Waals surface area contributed by atoms with Crippen LogP contribution in [0.3, 0.4) is 0 Å². The molecule has 0 saturated carbocycles. The molecule has 0 bridgehead atoms. The van der Waals surface area contributed by atoms with Crippen molar-refractivity contribution in [2.45, 2.75) is 20.4 Å². The van der Waals surface area contributed by atoms with Crippen molar-refractivity contribution in [3.05, 3.63) is 65.2 Å². The Hall–Kier alpha value is -2.13. The third-order valence-electron chi connectivity index (χ3n) is 3.35. The highest BCUT2D eigenvalue weighted by Gasteiger charge is 2.07. The first-order valence-corrected chi connectivity index (χ1v) is 8.01. The van der Waals surface area contributed by atoms with E-state index < -0.39 is 0 Å². The maximum atomic E-state index is 6.05. The molecule has 3 nitrogen and oxygen atoms in total. The molecule has 0 saturated heterocycles.